The first-order chi connectivity index (χ1) is 14.7. The van der Waals surface area contributed by atoms with E-state index in [-0.39, 0.29) is 0 Å². The molecule has 31 heavy (non-hydrogen) atoms. The van der Waals surface area contributed by atoms with Crippen LogP contribution in [-0.2, 0) is 17.8 Å². The standard InChI is InChI=1S/C20H21ClN2O.C2HF3O2/c1-3-7-18-20(15-9-6-10-17(21)12-15)22-14-23(18)13-16-8-4-5-11-19(16)24-2;3-2(4,5)1(6)7/h4-6,8-12,14H,3,7,13H2,1-2H3;(H,6,7). The average Bonchev–Trinajstić information content (AvgIpc) is 3.11. The van der Waals surface area contributed by atoms with E-state index in [1.165, 1.54) is 5.69 Å². The van der Waals surface area contributed by atoms with Crippen molar-refractivity contribution >= 4 is 17.6 Å². The molecule has 3 rings (SSSR count). The monoisotopic (exact) mass is 454 g/mol. The van der Waals surface area contributed by atoms with Gasteiger partial charge in [0.15, 0.2) is 0 Å². The van der Waals surface area contributed by atoms with Crippen molar-refractivity contribution in [2.45, 2.75) is 32.5 Å². The summed E-state index contributed by atoms with van der Waals surface area (Å²) >= 11 is 6.15. The highest BCUT2D eigenvalue weighted by molar-refractivity contribution is 6.30. The molecule has 1 N–H and O–H groups in total. The largest absolute Gasteiger partial charge is 0.496 e. The van der Waals surface area contributed by atoms with Gasteiger partial charge in [0.05, 0.1) is 25.7 Å². The second kappa shape index (κ2) is 10.9. The van der Waals surface area contributed by atoms with E-state index in [4.69, 9.17) is 26.2 Å². The van der Waals surface area contributed by atoms with Gasteiger partial charge in [-0.2, -0.15) is 13.2 Å². The van der Waals surface area contributed by atoms with Gasteiger partial charge in [-0.25, -0.2) is 9.78 Å². The smallest absolute Gasteiger partial charge is 0.490 e. The molecular formula is C22H22ClF3N2O3. The van der Waals surface area contributed by atoms with Crippen LogP contribution in [0.4, 0.5) is 13.2 Å². The summed E-state index contributed by atoms with van der Waals surface area (Å²) in [7, 11) is 1.71. The molecule has 0 aliphatic carbocycles. The number of hydrogen-bond acceptors (Lipinski definition) is 3. The fourth-order valence-electron chi connectivity index (χ4n) is 2.94. The Hall–Kier alpha value is -3.00. The van der Waals surface area contributed by atoms with Crippen LogP contribution in [0.3, 0.4) is 0 Å². The molecule has 1 aromatic heterocycles. The number of alkyl halides is 3. The molecule has 0 saturated carbocycles. The minimum Gasteiger partial charge on any atom is -0.496 e. The molecule has 166 valence electrons. The highest BCUT2D eigenvalue weighted by Gasteiger charge is 2.38. The number of halogens is 4. The number of carbonyl (C=O) groups is 1. The van der Waals surface area contributed by atoms with Crippen LogP contribution in [0.1, 0.15) is 24.6 Å². The van der Waals surface area contributed by atoms with Crippen LogP contribution >= 0.6 is 11.6 Å². The van der Waals surface area contributed by atoms with E-state index < -0.39 is 12.1 Å². The maximum absolute atomic E-state index is 10.6. The minimum absolute atomic E-state index is 0.731. The Morgan fingerprint density at radius 2 is 1.87 bits per heavy atom. The Kier molecular flexibility index (Phi) is 8.50. The molecule has 0 saturated heterocycles. The lowest BCUT2D eigenvalue weighted by Crippen LogP contribution is -2.21. The molecule has 0 radical (unpaired) electrons. The number of hydrogen-bond donors (Lipinski definition) is 1. The number of imidazole rings is 1. The fraction of sp³-hybridized carbons (Fsp3) is 0.273. The zero-order chi connectivity index (χ0) is 23.0. The van der Waals surface area contributed by atoms with Gasteiger partial charge < -0.3 is 14.4 Å². The third-order valence-corrected chi connectivity index (χ3v) is 4.54. The number of para-hydroxylation sites is 1. The summed E-state index contributed by atoms with van der Waals surface area (Å²) in [5.41, 5.74) is 4.44. The van der Waals surface area contributed by atoms with Crippen LogP contribution in [0.15, 0.2) is 54.9 Å². The predicted octanol–water partition coefficient (Wildman–Crippen LogP) is 5.85. The molecule has 3 aromatic rings. The predicted molar refractivity (Wildman–Crippen MR) is 112 cm³/mol. The normalized spacial score (nSPS) is 10.9. The zero-order valence-electron chi connectivity index (χ0n) is 17.0. The quantitative estimate of drug-likeness (QED) is 0.507. The van der Waals surface area contributed by atoms with Crippen LogP contribution in [0.2, 0.25) is 5.02 Å². The Morgan fingerprint density at radius 3 is 2.45 bits per heavy atom. The van der Waals surface area contributed by atoms with Gasteiger partial charge >= 0.3 is 12.1 Å². The highest BCUT2D eigenvalue weighted by atomic mass is 35.5. The van der Waals surface area contributed by atoms with Gasteiger partial charge in [0.25, 0.3) is 0 Å². The SMILES string of the molecule is CCCc1c(-c2cccc(Cl)c2)ncn1Cc1ccccc1OC.O=C(O)C(F)(F)F. The van der Waals surface area contributed by atoms with E-state index in [2.05, 4.69) is 28.6 Å². The summed E-state index contributed by atoms with van der Waals surface area (Å²) in [5.74, 6) is -1.86. The first-order valence-corrected chi connectivity index (χ1v) is 9.77. The number of rotatable bonds is 6. The Bertz CT molecular complexity index is 1020. The van der Waals surface area contributed by atoms with Crippen LogP contribution in [0, 0.1) is 0 Å². The van der Waals surface area contributed by atoms with Crippen molar-refractivity contribution in [3.63, 3.8) is 0 Å². The maximum Gasteiger partial charge on any atom is 0.490 e. The molecule has 0 fully saturated rings. The third kappa shape index (κ3) is 6.75. The fourth-order valence-corrected chi connectivity index (χ4v) is 3.13. The van der Waals surface area contributed by atoms with Gasteiger partial charge in [-0.05, 0) is 24.6 Å². The summed E-state index contributed by atoms with van der Waals surface area (Å²) in [6.07, 6.45) is -1.14. The van der Waals surface area contributed by atoms with Crippen molar-refractivity contribution in [1.82, 2.24) is 9.55 Å². The van der Waals surface area contributed by atoms with Crippen molar-refractivity contribution in [3.8, 4) is 17.0 Å². The van der Waals surface area contributed by atoms with Gasteiger partial charge in [0.2, 0.25) is 0 Å². The van der Waals surface area contributed by atoms with Crippen LogP contribution < -0.4 is 4.74 Å². The van der Waals surface area contributed by atoms with Crippen molar-refractivity contribution < 1.29 is 27.8 Å². The number of carboxylic acid groups (broad SMARTS) is 1. The van der Waals surface area contributed by atoms with Crippen molar-refractivity contribution in [1.29, 1.82) is 0 Å². The van der Waals surface area contributed by atoms with E-state index in [0.29, 0.717) is 0 Å². The summed E-state index contributed by atoms with van der Waals surface area (Å²) in [6, 6.07) is 16.0. The third-order valence-electron chi connectivity index (χ3n) is 4.31. The van der Waals surface area contributed by atoms with Gasteiger partial charge in [-0.1, -0.05) is 55.3 Å². The molecule has 0 unspecified atom stereocenters. The molecule has 0 bridgehead atoms. The lowest BCUT2D eigenvalue weighted by Gasteiger charge is -2.12. The summed E-state index contributed by atoms with van der Waals surface area (Å²) in [6.45, 7) is 2.93. The van der Waals surface area contributed by atoms with Gasteiger partial charge in [0, 0.05) is 21.8 Å². The van der Waals surface area contributed by atoms with Crippen LogP contribution in [0.25, 0.3) is 11.3 Å². The number of carboxylic acids is 1. The summed E-state index contributed by atoms with van der Waals surface area (Å²) in [4.78, 5) is 13.6. The molecular weight excluding hydrogens is 433 g/mol. The second-order valence-corrected chi connectivity index (χ2v) is 6.98. The van der Waals surface area contributed by atoms with Crippen LogP contribution in [-0.4, -0.2) is 33.9 Å². The van der Waals surface area contributed by atoms with Gasteiger partial charge in [0.1, 0.15) is 5.75 Å². The zero-order valence-corrected chi connectivity index (χ0v) is 17.7. The van der Waals surface area contributed by atoms with Crippen molar-refractivity contribution in [2.24, 2.45) is 0 Å². The van der Waals surface area contributed by atoms with Crippen molar-refractivity contribution in [2.75, 3.05) is 7.11 Å². The molecule has 0 aliphatic rings. The van der Waals surface area contributed by atoms with E-state index in [1.807, 2.05) is 42.7 Å². The lowest BCUT2D eigenvalue weighted by molar-refractivity contribution is -0.192. The number of benzene rings is 2. The summed E-state index contributed by atoms with van der Waals surface area (Å²) < 4.78 is 39.4. The molecule has 0 amide bonds. The number of nitrogens with zero attached hydrogens (tertiary/aromatic N) is 2. The number of ether oxygens (including phenoxy) is 1. The van der Waals surface area contributed by atoms with E-state index in [9.17, 15) is 13.2 Å². The summed E-state index contributed by atoms with van der Waals surface area (Å²) in [5, 5.41) is 7.86. The molecule has 9 heteroatoms. The molecule has 2 aromatic carbocycles. The number of aliphatic carboxylic acids is 1. The van der Waals surface area contributed by atoms with Gasteiger partial charge in [-0.15, -0.1) is 0 Å². The van der Waals surface area contributed by atoms with Crippen molar-refractivity contribution in [3.05, 3.63) is 71.1 Å². The molecule has 0 aliphatic heterocycles. The molecule has 1 heterocycles. The average molecular weight is 455 g/mol. The van der Waals surface area contributed by atoms with E-state index >= 15 is 0 Å². The second-order valence-electron chi connectivity index (χ2n) is 6.54. The van der Waals surface area contributed by atoms with E-state index in [0.717, 1.165) is 47.0 Å². The van der Waals surface area contributed by atoms with E-state index in [1.54, 1.807) is 7.11 Å². The number of methoxy groups -OCH3 is 1. The van der Waals surface area contributed by atoms with Crippen LogP contribution in [0.5, 0.6) is 5.75 Å². The van der Waals surface area contributed by atoms with Gasteiger partial charge in [-0.3, -0.25) is 0 Å². The first-order valence-electron chi connectivity index (χ1n) is 9.39. The Labute approximate surface area is 183 Å². The molecule has 5 nitrogen and oxygen atoms in total. The Morgan fingerprint density at radius 1 is 1.19 bits per heavy atom. The maximum atomic E-state index is 10.6. The first kappa shape index (κ1) is 24.3. The number of aromatic nitrogens is 2. The Balaban J connectivity index is 0.000000423. The lowest BCUT2D eigenvalue weighted by atomic mass is 10.1. The minimum atomic E-state index is -5.08. The molecule has 0 spiro atoms. The molecule has 0 atom stereocenters. The topological polar surface area (TPSA) is 64.4 Å². The highest BCUT2D eigenvalue weighted by Crippen LogP contribution is 2.27.